The second kappa shape index (κ2) is 9.55. The maximum absolute atomic E-state index is 13.0. The molecule has 0 bridgehead atoms. The third-order valence-corrected chi connectivity index (χ3v) is 5.84. The number of aromatic amines is 1. The molecule has 0 radical (unpaired) electrons. The highest BCUT2D eigenvalue weighted by Gasteiger charge is 2.19. The van der Waals surface area contributed by atoms with Crippen molar-refractivity contribution in [2.75, 3.05) is 12.4 Å². The maximum atomic E-state index is 13.0. The number of H-pyrrole nitrogens is 1. The topological polar surface area (TPSA) is 115 Å². The Morgan fingerprint density at radius 3 is 2.77 bits per heavy atom. The molecule has 1 aromatic carbocycles. The summed E-state index contributed by atoms with van der Waals surface area (Å²) in [7, 11) is 1.61. The van der Waals surface area contributed by atoms with Gasteiger partial charge in [0.2, 0.25) is 5.91 Å². The quantitative estimate of drug-likeness (QED) is 0.335. The second-order valence-corrected chi connectivity index (χ2v) is 8.34. The van der Waals surface area contributed by atoms with Crippen molar-refractivity contribution in [2.24, 2.45) is 0 Å². The number of nitrogens with one attached hydrogen (secondary N) is 2. The standard InChI is InChI=1S/C25H21ClN6O3/c1-35-17-8-5-15(6-9-17)14-32-23-18-11-12-27-13-19(18)29-25(34)22(23)24(31-32)30-21(33)10-7-16-3-2-4-20(26)28-16/h2-6,8-9,11-13H,7,10,14H2,1H3,(H,29,34)(H,30,31,33). The minimum Gasteiger partial charge on any atom is -0.497 e. The smallest absolute Gasteiger partial charge is 0.261 e. The van der Waals surface area contributed by atoms with Gasteiger partial charge in [0.15, 0.2) is 5.82 Å². The summed E-state index contributed by atoms with van der Waals surface area (Å²) in [4.78, 5) is 37.0. The van der Waals surface area contributed by atoms with Gasteiger partial charge in [0.1, 0.15) is 16.3 Å². The molecule has 0 saturated carbocycles. The monoisotopic (exact) mass is 488 g/mol. The van der Waals surface area contributed by atoms with Crippen molar-refractivity contribution < 1.29 is 9.53 Å². The summed E-state index contributed by atoms with van der Waals surface area (Å²) in [6, 6.07) is 14.7. The van der Waals surface area contributed by atoms with E-state index in [1.807, 2.05) is 36.4 Å². The fourth-order valence-corrected chi connectivity index (χ4v) is 4.15. The predicted octanol–water partition coefficient (Wildman–Crippen LogP) is 3.95. The van der Waals surface area contributed by atoms with Crippen molar-refractivity contribution in [1.82, 2.24) is 24.7 Å². The van der Waals surface area contributed by atoms with Crippen LogP contribution in [0.2, 0.25) is 5.15 Å². The first-order chi connectivity index (χ1) is 17.0. The Morgan fingerprint density at radius 1 is 1.17 bits per heavy atom. The van der Waals surface area contributed by atoms with Gasteiger partial charge in [0.05, 0.1) is 30.9 Å². The van der Waals surface area contributed by atoms with E-state index >= 15 is 0 Å². The van der Waals surface area contributed by atoms with Crippen molar-refractivity contribution in [3.05, 3.63) is 87.7 Å². The molecule has 9 nitrogen and oxygen atoms in total. The lowest BCUT2D eigenvalue weighted by molar-refractivity contribution is -0.116. The van der Waals surface area contributed by atoms with Gasteiger partial charge in [-0.15, -0.1) is 0 Å². The van der Waals surface area contributed by atoms with Crippen LogP contribution in [0.5, 0.6) is 5.75 Å². The predicted molar refractivity (Wildman–Crippen MR) is 134 cm³/mol. The molecule has 0 unspecified atom stereocenters. The van der Waals surface area contributed by atoms with Gasteiger partial charge in [0, 0.05) is 23.7 Å². The SMILES string of the molecule is COc1ccc(Cn2nc(NC(=O)CCc3cccc(Cl)n3)c3c(=O)[nH]c4cnccc4c32)cc1. The fraction of sp³-hybridized carbons (Fsp3) is 0.160. The number of amides is 1. The van der Waals surface area contributed by atoms with Gasteiger partial charge in [-0.2, -0.15) is 5.10 Å². The molecule has 0 atom stereocenters. The molecule has 5 aromatic rings. The van der Waals surface area contributed by atoms with E-state index in [1.165, 1.54) is 0 Å². The Hall–Kier alpha value is -4.24. The summed E-state index contributed by atoms with van der Waals surface area (Å²) in [5.74, 6) is 0.670. The van der Waals surface area contributed by atoms with Crippen LogP contribution in [0.3, 0.4) is 0 Å². The Bertz CT molecular complexity index is 1590. The Labute approximate surface area is 204 Å². The van der Waals surface area contributed by atoms with Crippen LogP contribution in [0, 0.1) is 0 Å². The highest BCUT2D eigenvalue weighted by Crippen LogP contribution is 2.27. The molecule has 0 spiro atoms. The third kappa shape index (κ3) is 4.71. The van der Waals surface area contributed by atoms with Gasteiger partial charge in [-0.05, 0) is 42.3 Å². The molecule has 0 aliphatic heterocycles. The van der Waals surface area contributed by atoms with Gasteiger partial charge in [-0.25, -0.2) is 4.98 Å². The molecular weight excluding hydrogens is 468 g/mol. The Morgan fingerprint density at radius 2 is 2.00 bits per heavy atom. The van der Waals surface area contributed by atoms with Gasteiger partial charge in [-0.1, -0.05) is 29.8 Å². The van der Waals surface area contributed by atoms with Crippen LogP contribution in [0.25, 0.3) is 21.8 Å². The zero-order valence-corrected chi connectivity index (χ0v) is 19.5. The maximum Gasteiger partial charge on any atom is 0.261 e. The van der Waals surface area contributed by atoms with Crippen LogP contribution in [-0.2, 0) is 17.8 Å². The highest BCUT2D eigenvalue weighted by atomic mass is 35.5. The number of carbonyl (C=O) groups excluding carboxylic acids is 1. The first-order valence-electron chi connectivity index (χ1n) is 10.9. The number of halogens is 1. The van der Waals surface area contributed by atoms with Crippen LogP contribution in [0.1, 0.15) is 17.7 Å². The molecule has 10 heteroatoms. The number of ether oxygens (including phenoxy) is 1. The average Bonchev–Trinajstić information content (AvgIpc) is 3.21. The molecule has 4 aromatic heterocycles. The summed E-state index contributed by atoms with van der Waals surface area (Å²) >= 11 is 5.93. The molecule has 0 saturated heterocycles. The van der Waals surface area contributed by atoms with Gasteiger partial charge in [-0.3, -0.25) is 19.3 Å². The van der Waals surface area contributed by atoms with Crippen molar-refractivity contribution in [3.63, 3.8) is 0 Å². The number of benzene rings is 1. The molecule has 176 valence electrons. The van der Waals surface area contributed by atoms with Crippen LogP contribution >= 0.6 is 11.6 Å². The van der Waals surface area contributed by atoms with Crippen molar-refractivity contribution in [3.8, 4) is 5.75 Å². The van der Waals surface area contributed by atoms with Gasteiger partial charge in [0.25, 0.3) is 5.56 Å². The number of methoxy groups -OCH3 is 1. The van der Waals surface area contributed by atoms with Crippen LogP contribution < -0.4 is 15.6 Å². The minimum atomic E-state index is -0.353. The number of aromatic nitrogens is 5. The summed E-state index contributed by atoms with van der Waals surface area (Å²) in [6.45, 7) is 0.393. The molecule has 0 aliphatic rings. The lowest BCUT2D eigenvalue weighted by Crippen LogP contribution is -2.15. The van der Waals surface area contributed by atoms with E-state index in [2.05, 4.69) is 25.4 Å². The van der Waals surface area contributed by atoms with E-state index in [0.717, 1.165) is 16.7 Å². The average molecular weight is 489 g/mol. The molecule has 4 heterocycles. The van der Waals surface area contributed by atoms with Crippen molar-refractivity contribution >= 4 is 45.1 Å². The Balaban J connectivity index is 1.51. The molecule has 0 fully saturated rings. The third-order valence-electron chi connectivity index (χ3n) is 5.63. The number of carbonyl (C=O) groups is 1. The number of fused-ring (bicyclic) bond motifs is 3. The minimum absolute atomic E-state index is 0.162. The zero-order chi connectivity index (χ0) is 24.4. The van der Waals surface area contributed by atoms with Gasteiger partial charge < -0.3 is 15.0 Å². The second-order valence-electron chi connectivity index (χ2n) is 7.95. The lowest BCUT2D eigenvalue weighted by atomic mass is 10.1. The molecular formula is C25H21ClN6O3. The number of nitrogens with zero attached hydrogens (tertiary/aromatic N) is 4. The van der Waals surface area contributed by atoms with Crippen molar-refractivity contribution in [2.45, 2.75) is 19.4 Å². The van der Waals surface area contributed by atoms with Crippen LogP contribution in [0.15, 0.2) is 65.7 Å². The lowest BCUT2D eigenvalue weighted by Gasteiger charge is -2.07. The summed E-state index contributed by atoms with van der Waals surface area (Å²) in [6.07, 6.45) is 3.82. The van der Waals surface area contributed by atoms with Gasteiger partial charge >= 0.3 is 0 Å². The number of anilines is 1. The first kappa shape index (κ1) is 22.5. The van der Waals surface area contributed by atoms with Crippen molar-refractivity contribution in [1.29, 1.82) is 0 Å². The summed E-state index contributed by atoms with van der Waals surface area (Å²) < 4.78 is 6.96. The van der Waals surface area contributed by atoms with E-state index in [9.17, 15) is 9.59 Å². The van der Waals surface area contributed by atoms with E-state index in [1.54, 1.807) is 36.3 Å². The molecule has 1 amide bonds. The van der Waals surface area contributed by atoms with Crippen LogP contribution in [-0.4, -0.2) is 37.7 Å². The number of pyridine rings is 3. The summed E-state index contributed by atoms with van der Waals surface area (Å²) in [5, 5.41) is 8.90. The van der Waals surface area contributed by atoms with E-state index in [-0.39, 0.29) is 23.7 Å². The van der Waals surface area contributed by atoms with Crippen LogP contribution in [0.4, 0.5) is 5.82 Å². The molecule has 35 heavy (non-hydrogen) atoms. The van der Waals surface area contributed by atoms with E-state index in [0.29, 0.717) is 40.2 Å². The fourth-order valence-electron chi connectivity index (χ4n) is 3.97. The van der Waals surface area contributed by atoms with E-state index < -0.39 is 0 Å². The number of hydrogen-bond acceptors (Lipinski definition) is 6. The molecule has 0 aliphatic carbocycles. The number of aryl methyl sites for hydroxylation is 1. The molecule has 2 N–H and O–H groups in total. The first-order valence-corrected chi connectivity index (χ1v) is 11.3. The number of hydrogen-bond donors (Lipinski definition) is 2. The largest absolute Gasteiger partial charge is 0.497 e. The Kier molecular flexibility index (Phi) is 6.15. The zero-order valence-electron chi connectivity index (χ0n) is 18.8. The van der Waals surface area contributed by atoms with E-state index in [4.69, 9.17) is 16.3 Å². The summed E-state index contributed by atoms with van der Waals surface area (Å²) in [5.41, 5.74) is 2.52. The normalized spacial score (nSPS) is 11.1. The number of rotatable bonds is 7. The highest BCUT2D eigenvalue weighted by molar-refractivity contribution is 6.29. The molecule has 5 rings (SSSR count).